The summed E-state index contributed by atoms with van der Waals surface area (Å²) < 4.78 is 68.6. The van der Waals surface area contributed by atoms with Crippen LogP contribution in [0.5, 0.6) is 0 Å². The highest BCUT2D eigenvalue weighted by Crippen LogP contribution is 2.45. The van der Waals surface area contributed by atoms with E-state index in [0.717, 1.165) is 95.8 Å². The van der Waals surface area contributed by atoms with E-state index in [2.05, 4.69) is 34.6 Å². The Labute approximate surface area is 588 Å². The second-order valence-corrected chi connectivity index (χ2v) is 31.1. The molecule has 2 unspecified atom stereocenters. The molecular formula is C77H150O17P2. The third-order valence-electron chi connectivity index (χ3n) is 18.0. The van der Waals surface area contributed by atoms with Crippen molar-refractivity contribution in [2.24, 2.45) is 5.92 Å². The molecule has 0 fully saturated rings. The molecule has 96 heavy (non-hydrogen) atoms. The first-order valence-electron chi connectivity index (χ1n) is 40.1. The second kappa shape index (κ2) is 70.1. The summed E-state index contributed by atoms with van der Waals surface area (Å²) in [6.07, 6.45) is 59.6. The van der Waals surface area contributed by atoms with Gasteiger partial charge >= 0.3 is 39.5 Å². The number of hydrogen-bond donors (Lipinski definition) is 3. The Bertz CT molecular complexity index is 1840. The molecule has 0 radical (unpaired) electrons. The van der Waals surface area contributed by atoms with Crippen molar-refractivity contribution >= 4 is 39.5 Å². The summed E-state index contributed by atoms with van der Waals surface area (Å²) in [6.45, 7) is 7.29. The maximum Gasteiger partial charge on any atom is 0.472 e. The number of carbonyl (C=O) groups is 4. The first kappa shape index (κ1) is 94.1. The van der Waals surface area contributed by atoms with Crippen molar-refractivity contribution in [1.82, 2.24) is 0 Å². The number of phosphoric acid groups is 2. The van der Waals surface area contributed by atoms with Crippen molar-refractivity contribution < 1.29 is 80.2 Å². The summed E-state index contributed by atoms with van der Waals surface area (Å²) in [7, 11) is -9.91. The fraction of sp³-hybridized carbons (Fsp3) is 0.948. The molecule has 0 aromatic heterocycles. The summed E-state index contributed by atoms with van der Waals surface area (Å²) >= 11 is 0. The van der Waals surface area contributed by atoms with Crippen LogP contribution in [0.4, 0.5) is 0 Å². The molecule has 0 bridgehead atoms. The van der Waals surface area contributed by atoms with Crippen molar-refractivity contribution in [2.75, 3.05) is 39.6 Å². The summed E-state index contributed by atoms with van der Waals surface area (Å²) in [4.78, 5) is 72.8. The number of unbranched alkanes of at least 4 members (excludes halogenated alkanes) is 49. The number of phosphoric ester groups is 2. The van der Waals surface area contributed by atoms with E-state index in [0.29, 0.717) is 25.7 Å². The van der Waals surface area contributed by atoms with Crippen molar-refractivity contribution in [3.8, 4) is 0 Å². The SMILES string of the molecule is CCCCCCCCCCCCCCCCCCCCCC(=O)O[C@H](COC(=O)CCCCCCCCCCCCCCCC)COP(=O)(O)OC[C@@H](O)COP(=O)(O)OC[C@@H](COC(=O)CCCCCCCCCCCC)OC(=O)CCCCCCCCCCCCC(C)C. The van der Waals surface area contributed by atoms with Gasteiger partial charge in [0.15, 0.2) is 12.2 Å². The van der Waals surface area contributed by atoms with Gasteiger partial charge in [0.25, 0.3) is 0 Å². The van der Waals surface area contributed by atoms with Crippen LogP contribution in [0.3, 0.4) is 0 Å². The average molecular weight is 1410 g/mol. The number of esters is 4. The van der Waals surface area contributed by atoms with E-state index in [-0.39, 0.29) is 25.7 Å². The van der Waals surface area contributed by atoms with Gasteiger partial charge in [0.05, 0.1) is 26.4 Å². The number of carbonyl (C=O) groups excluding carboxylic acids is 4. The third kappa shape index (κ3) is 70.5. The maximum atomic E-state index is 13.1. The van der Waals surface area contributed by atoms with Gasteiger partial charge in [-0.1, -0.05) is 356 Å². The number of ether oxygens (including phenoxy) is 4. The van der Waals surface area contributed by atoms with E-state index in [1.165, 1.54) is 231 Å². The lowest BCUT2D eigenvalue weighted by atomic mass is 10.0. The van der Waals surface area contributed by atoms with Crippen LogP contribution in [0.1, 0.15) is 407 Å². The quantitative estimate of drug-likeness (QED) is 0.0222. The predicted octanol–water partition coefficient (Wildman–Crippen LogP) is 22.9. The fourth-order valence-electron chi connectivity index (χ4n) is 11.9. The van der Waals surface area contributed by atoms with Gasteiger partial charge in [0, 0.05) is 25.7 Å². The molecule has 0 aliphatic rings. The fourth-order valence-corrected chi connectivity index (χ4v) is 13.5. The largest absolute Gasteiger partial charge is 0.472 e. The molecule has 570 valence electrons. The Morgan fingerprint density at radius 2 is 0.479 bits per heavy atom. The zero-order valence-corrected chi connectivity index (χ0v) is 64.3. The molecule has 17 nitrogen and oxygen atoms in total. The number of aliphatic hydroxyl groups is 1. The minimum absolute atomic E-state index is 0.106. The van der Waals surface area contributed by atoms with Crippen molar-refractivity contribution in [1.29, 1.82) is 0 Å². The van der Waals surface area contributed by atoms with Crippen LogP contribution in [0.15, 0.2) is 0 Å². The molecule has 0 rings (SSSR count). The van der Waals surface area contributed by atoms with Crippen LogP contribution in [0.2, 0.25) is 0 Å². The first-order valence-corrected chi connectivity index (χ1v) is 43.1. The van der Waals surface area contributed by atoms with E-state index in [1.54, 1.807) is 0 Å². The average Bonchev–Trinajstić information content (AvgIpc) is 1.44. The van der Waals surface area contributed by atoms with E-state index >= 15 is 0 Å². The molecule has 0 aromatic rings. The molecular weight excluding hydrogens is 1260 g/mol. The lowest BCUT2D eigenvalue weighted by Gasteiger charge is -2.21. The number of rotatable bonds is 77. The van der Waals surface area contributed by atoms with Gasteiger partial charge < -0.3 is 33.8 Å². The Kier molecular flexibility index (Phi) is 68.7. The Hall–Kier alpha value is -1.94. The van der Waals surface area contributed by atoms with Crippen LogP contribution in [-0.4, -0.2) is 96.7 Å². The minimum atomic E-state index is -4.96. The van der Waals surface area contributed by atoms with Gasteiger partial charge in [-0.15, -0.1) is 0 Å². The van der Waals surface area contributed by atoms with E-state index in [9.17, 15) is 43.2 Å². The second-order valence-electron chi connectivity index (χ2n) is 28.2. The highest BCUT2D eigenvalue weighted by Gasteiger charge is 2.30. The van der Waals surface area contributed by atoms with Crippen LogP contribution in [0, 0.1) is 5.92 Å². The smallest absolute Gasteiger partial charge is 0.462 e. The molecule has 5 atom stereocenters. The summed E-state index contributed by atoms with van der Waals surface area (Å²) in [5, 5.41) is 10.6. The molecule has 0 saturated heterocycles. The Morgan fingerprint density at radius 1 is 0.281 bits per heavy atom. The van der Waals surface area contributed by atoms with E-state index in [4.69, 9.17) is 37.0 Å². The summed E-state index contributed by atoms with van der Waals surface area (Å²) in [6, 6.07) is 0. The topological polar surface area (TPSA) is 237 Å². The number of hydrogen-bond acceptors (Lipinski definition) is 15. The standard InChI is InChI=1S/C77H150O17P2/c1-6-9-12-15-18-21-24-26-28-29-30-31-32-34-36-42-47-52-57-62-76(81)93-73(67-88-75(80)61-56-51-46-41-35-33-27-25-22-19-16-13-10-7-2)69-92-96(85,86)90-65-71(78)64-89-95(83,84)91-68-72(66-87-74(79)60-55-50-45-40-23-20-17-14-11-8-3)94-77(82)63-58-53-48-43-38-37-39-44-49-54-59-70(4)5/h70-73,78H,6-69H2,1-5H3,(H,83,84)(H,85,86)/t71-,72+,73+/m0/s1. The van der Waals surface area contributed by atoms with E-state index < -0.39 is 97.5 Å². The summed E-state index contributed by atoms with van der Waals surface area (Å²) in [5.74, 6) is -1.36. The maximum absolute atomic E-state index is 13.1. The summed E-state index contributed by atoms with van der Waals surface area (Å²) in [5.41, 5.74) is 0. The number of aliphatic hydroxyl groups excluding tert-OH is 1. The van der Waals surface area contributed by atoms with Crippen molar-refractivity contribution in [3.63, 3.8) is 0 Å². The normalized spacial score (nSPS) is 13.9. The third-order valence-corrected chi connectivity index (χ3v) is 19.9. The van der Waals surface area contributed by atoms with Crippen LogP contribution < -0.4 is 0 Å². The van der Waals surface area contributed by atoms with Gasteiger partial charge in [-0.2, -0.15) is 0 Å². The molecule has 19 heteroatoms. The van der Waals surface area contributed by atoms with E-state index in [1.807, 2.05) is 0 Å². The molecule has 0 heterocycles. The molecule has 0 aliphatic heterocycles. The van der Waals surface area contributed by atoms with Crippen molar-refractivity contribution in [2.45, 2.75) is 425 Å². The zero-order chi connectivity index (χ0) is 70.5. The van der Waals surface area contributed by atoms with Gasteiger partial charge in [-0.3, -0.25) is 37.3 Å². The molecule has 0 saturated carbocycles. The molecule has 0 aromatic carbocycles. The van der Waals surface area contributed by atoms with Crippen LogP contribution >= 0.6 is 15.6 Å². The molecule has 3 N–H and O–H groups in total. The minimum Gasteiger partial charge on any atom is -0.462 e. The highest BCUT2D eigenvalue weighted by atomic mass is 31.2. The predicted molar refractivity (Wildman–Crippen MR) is 391 cm³/mol. The van der Waals surface area contributed by atoms with Crippen LogP contribution in [-0.2, 0) is 65.4 Å². The molecule has 0 spiro atoms. The monoisotopic (exact) mass is 1410 g/mol. The molecule has 0 aliphatic carbocycles. The lowest BCUT2D eigenvalue weighted by Crippen LogP contribution is -2.30. The van der Waals surface area contributed by atoms with Gasteiger partial charge in [-0.05, 0) is 31.6 Å². The Balaban J connectivity index is 5.23. The van der Waals surface area contributed by atoms with Crippen LogP contribution in [0.25, 0.3) is 0 Å². The van der Waals surface area contributed by atoms with Gasteiger partial charge in [0.1, 0.15) is 19.3 Å². The molecule has 0 amide bonds. The van der Waals surface area contributed by atoms with Crippen molar-refractivity contribution in [3.05, 3.63) is 0 Å². The Morgan fingerprint density at radius 3 is 0.708 bits per heavy atom. The van der Waals surface area contributed by atoms with Gasteiger partial charge in [0.2, 0.25) is 0 Å². The highest BCUT2D eigenvalue weighted by molar-refractivity contribution is 7.47. The lowest BCUT2D eigenvalue weighted by molar-refractivity contribution is -0.161. The zero-order valence-electron chi connectivity index (χ0n) is 62.5. The van der Waals surface area contributed by atoms with Gasteiger partial charge in [-0.25, -0.2) is 9.13 Å². The first-order chi connectivity index (χ1) is 46.5.